The summed E-state index contributed by atoms with van der Waals surface area (Å²) >= 11 is 6.04. The van der Waals surface area contributed by atoms with Crippen LogP contribution in [0.1, 0.15) is 35.7 Å². The van der Waals surface area contributed by atoms with Gasteiger partial charge in [-0.2, -0.15) is 20.0 Å². The average molecular weight is 483 g/mol. The molecule has 176 valence electrons. The molecule has 10 heteroatoms. The summed E-state index contributed by atoms with van der Waals surface area (Å²) in [6.07, 6.45) is 4.90. The number of hydrogen-bond acceptors (Lipinski definition) is 6. The van der Waals surface area contributed by atoms with E-state index in [0.717, 1.165) is 12.8 Å². The molecule has 5 rings (SSSR count). The minimum atomic E-state index is -0.441. The van der Waals surface area contributed by atoms with E-state index in [1.165, 1.54) is 23.3 Å². The summed E-state index contributed by atoms with van der Waals surface area (Å²) in [7, 11) is 0. The van der Waals surface area contributed by atoms with Crippen molar-refractivity contribution >= 4 is 34.6 Å². The molecule has 0 radical (unpaired) electrons. The highest BCUT2D eigenvalue weighted by Crippen LogP contribution is 2.30. The molecular formula is C24H24ClFN6O2. The average Bonchev–Trinajstić information content (AvgIpc) is 3.49. The number of oxazole rings is 1. The largest absolute Gasteiger partial charge is 0.424 e. The third-order valence-electron chi connectivity index (χ3n) is 6.41. The Morgan fingerprint density at radius 2 is 2.06 bits per heavy atom. The standard InChI is InChI=1S/C24H24ClFN6O2/c1-14-4-3-11-31(20(14)13-27-24-30-18-7-5-16(25)12-21(18)34-24)23(33)22-15(2)17(26)6-8-19(22)32-28-9-10-29-32/h5-10,12,14,20H,3-4,11,13H2,1-2H3,(H,27,30)/t14-,20-/m1/s1. The number of anilines is 1. The molecule has 1 saturated heterocycles. The maximum absolute atomic E-state index is 14.5. The summed E-state index contributed by atoms with van der Waals surface area (Å²) in [5.41, 5.74) is 2.29. The number of piperidine rings is 1. The monoisotopic (exact) mass is 482 g/mol. The highest BCUT2D eigenvalue weighted by molar-refractivity contribution is 6.31. The Balaban J connectivity index is 1.44. The van der Waals surface area contributed by atoms with Crippen molar-refractivity contribution in [1.29, 1.82) is 0 Å². The van der Waals surface area contributed by atoms with Crippen LogP contribution in [0.4, 0.5) is 10.4 Å². The molecule has 1 aliphatic heterocycles. The van der Waals surface area contributed by atoms with Crippen LogP contribution in [-0.2, 0) is 0 Å². The van der Waals surface area contributed by atoms with Gasteiger partial charge in [0.05, 0.1) is 29.7 Å². The Morgan fingerprint density at radius 3 is 2.85 bits per heavy atom. The number of benzene rings is 2. The van der Waals surface area contributed by atoms with Gasteiger partial charge in [0, 0.05) is 24.2 Å². The van der Waals surface area contributed by atoms with Crippen molar-refractivity contribution in [3.05, 3.63) is 64.7 Å². The van der Waals surface area contributed by atoms with Crippen LogP contribution >= 0.6 is 11.6 Å². The maximum Gasteiger partial charge on any atom is 0.295 e. The number of fused-ring (bicyclic) bond motifs is 1. The molecule has 1 amide bonds. The van der Waals surface area contributed by atoms with Crippen LogP contribution in [-0.4, -0.2) is 49.9 Å². The Bertz CT molecular complexity index is 1340. The number of carbonyl (C=O) groups excluding carboxylic acids is 1. The van der Waals surface area contributed by atoms with Crippen molar-refractivity contribution in [3.63, 3.8) is 0 Å². The molecule has 0 aliphatic carbocycles. The fraction of sp³-hybridized carbons (Fsp3) is 0.333. The normalized spacial score (nSPS) is 18.4. The Hall–Kier alpha value is -3.46. The minimum absolute atomic E-state index is 0.138. The van der Waals surface area contributed by atoms with Gasteiger partial charge < -0.3 is 14.6 Å². The first-order valence-corrected chi connectivity index (χ1v) is 11.6. The van der Waals surface area contributed by atoms with Gasteiger partial charge in [0.1, 0.15) is 11.3 Å². The predicted octanol–water partition coefficient (Wildman–Crippen LogP) is 4.86. The lowest BCUT2D eigenvalue weighted by Gasteiger charge is -2.40. The zero-order valence-electron chi connectivity index (χ0n) is 18.8. The second-order valence-corrected chi connectivity index (χ2v) is 9.02. The van der Waals surface area contributed by atoms with Crippen LogP contribution in [0.3, 0.4) is 0 Å². The Kier molecular flexibility index (Phi) is 5.95. The second kappa shape index (κ2) is 9.06. The topological polar surface area (TPSA) is 89.1 Å². The first-order valence-electron chi connectivity index (χ1n) is 11.2. The smallest absolute Gasteiger partial charge is 0.295 e. The maximum atomic E-state index is 14.5. The molecule has 2 aromatic heterocycles. The first kappa shape index (κ1) is 22.3. The van der Waals surface area contributed by atoms with Gasteiger partial charge in [-0.05, 0) is 55.5 Å². The van der Waals surface area contributed by atoms with Gasteiger partial charge in [-0.3, -0.25) is 4.79 Å². The van der Waals surface area contributed by atoms with Crippen molar-refractivity contribution < 1.29 is 13.6 Å². The number of aromatic nitrogens is 4. The first-order chi connectivity index (χ1) is 16.4. The van der Waals surface area contributed by atoms with Crippen LogP contribution in [0.15, 0.2) is 47.1 Å². The number of halogens is 2. The van der Waals surface area contributed by atoms with Crippen LogP contribution in [0.25, 0.3) is 16.8 Å². The van der Waals surface area contributed by atoms with Gasteiger partial charge in [-0.25, -0.2) is 4.39 Å². The van der Waals surface area contributed by atoms with E-state index >= 15 is 0 Å². The number of likely N-dealkylation sites (tertiary alicyclic amines) is 1. The molecular weight excluding hydrogens is 459 g/mol. The number of amides is 1. The van der Waals surface area contributed by atoms with Crippen LogP contribution in [0, 0.1) is 18.7 Å². The van der Waals surface area contributed by atoms with Crippen LogP contribution in [0.2, 0.25) is 5.02 Å². The third kappa shape index (κ3) is 4.11. The fourth-order valence-electron chi connectivity index (χ4n) is 4.57. The van der Waals surface area contributed by atoms with Crippen molar-refractivity contribution in [1.82, 2.24) is 24.9 Å². The highest BCUT2D eigenvalue weighted by atomic mass is 35.5. The van der Waals surface area contributed by atoms with Crippen molar-refractivity contribution in [2.75, 3.05) is 18.4 Å². The summed E-state index contributed by atoms with van der Waals surface area (Å²) in [6, 6.07) is 8.37. The summed E-state index contributed by atoms with van der Waals surface area (Å²) in [4.78, 5) is 21.5. The Morgan fingerprint density at radius 1 is 1.26 bits per heavy atom. The summed E-state index contributed by atoms with van der Waals surface area (Å²) in [5.74, 6) is -0.458. The summed E-state index contributed by atoms with van der Waals surface area (Å²) in [6.45, 7) is 4.74. The lowest BCUT2D eigenvalue weighted by Crippen LogP contribution is -2.51. The van der Waals surface area contributed by atoms with E-state index < -0.39 is 5.82 Å². The fourth-order valence-corrected chi connectivity index (χ4v) is 4.73. The van der Waals surface area contributed by atoms with Crippen molar-refractivity contribution in [2.24, 2.45) is 5.92 Å². The molecule has 0 saturated carbocycles. The molecule has 34 heavy (non-hydrogen) atoms. The molecule has 8 nitrogen and oxygen atoms in total. The predicted molar refractivity (Wildman–Crippen MR) is 127 cm³/mol. The lowest BCUT2D eigenvalue weighted by molar-refractivity contribution is 0.0537. The van der Waals surface area contributed by atoms with E-state index in [9.17, 15) is 9.18 Å². The highest BCUT2D eigenvalue weighted by Gasteiger charge is 2.35. The molecule has 2 aromatic carbocycles. The molecule has 1 N–H and O–H groups in total. The molecule has 3 heterocycles. The van der Waals surface area contributed by atoms with E-state index in [0.29, 0.717) is 40.9 Å². The van der Waals surface area contributed by atoms with Gasteiger partial charge in [0.15, 0.2) is 5.58 Å². The molecule has 0 spiro atoms. The number of rotatable bonds is 5. The van der Waals surface area contributed by atoms with Gasteiger partial charge in [-0.15, -0.1) is 0 Å². The zero-order chi connectivity index (χ0) is 23.8. The number of nitrogens with zero attached hydrogens (tertiary/aromatic N) is 5. The van der Waals surface area contributed by atoms with E-state index in [-0.39, 0.29) is 29.0 Å². The van der Waals surface area contributed by atoms with Gasteiger partial charge >= 0.3 is 0 Å². The van der Waals surface area contributed by atoms with Crippen molar-refractivity contribution in [3.8, 4) is 5.69 Å². The van der Waals surface area contributed by atoms with Gasteiger partial charge in [-0.1, -0.05) is 18.5 Å². The van der Waals surface area contributed by atoms with Gasteiger partial charge in [0.2, 0.25) is 0 Å². The summed E-state index contributed by atoms with van der Waals surface area (Å²) < 4.78 is 20.3. The zero-order valence-corrected chi connectivity index (χ0v) is 19.6. The molecule has 2 atom stereocenters. The third-order valence-corrected chi connectivity index (χ3v) is 6.65. The number of carbonyl (C=O) groups is 1. The lowest BCUT2D eigenvalue weighted by atomic mass is 9.89. The molecule has 4 aromatic rings. The SMILES string of the molecule is Cc1c(F)ccc(-n2nccn2)c1C(=O)N1CCC[C@@H](C)[C@H]1CNc1nc2ccc(Cl)cc2o1. The molecule has 0 bridgehead atoms. The Labute approximate surface area is 200 Å². The van der Waals surface area contributed by atoms with E-state index in [4.69, 9.17) is 16.0 Å². The molecule has 0 unspecified atom stereocenters. The quantitative estimate of drug-likeness (QED) is 0.437. The van der Waals surface area contributed by atoms with Crippen LogP contribution < -0.4 is 5.32 Å². The minimum Gasteiger partial charge on any atom is -0.424 e. The van der Waals surface area contributed by atoms with E-state index in [2.05, 4.69) is 27.4 Å². The molecule has 1 fully saturated rings. The van der Waals surface area contributed by atoms with E-state index in [1.807, 2.05) is 4.90 Å². The second-order valence-electron chi connectivity index (χ2n) is 8.58. The summed E-state index contributed by atoms with van der Waals surface area (Å²) in [5, 5.41) is 12.1. The van der Waals surface area contributed by atoms with Crippen LogP contribution in [0.5, 0.6) is 0 Å². The van der Waals surface area contributed by atoms with E-state index in [1.54, 1.807) is 31.2 Å². The number of hydrogen-bond donors (Lipinski definition) is 1. The molecule has 1 aliphatic rings. The van der Waals surface area contributed by atoms with Crippen molar-refractivity contribution in [2.45, 2.75) is 32.7 Å². The number of nitrogens with one attached hydrogen (secondary N) is 1. The van der Waals surface area contributed by atoms with Gasteiger partial charge in [0.25, 0.3) is 11.9 Å².